The summed E-state index contributed by atoms with van der Waals surface area (Å²) in [4.78, 5) is 14.6. The number of hydrogen-bond donors (Lipinski definition) is 2. The fraction of sp³-hybridized carbons (Fsp3) is 0.588. The van der Waals surface area contributed by atoms with E-state index < -0.39 is 0 Å². The summed E-state index contributed by atoms with van der Waals surface area (Å²) in [6, 6.07) is 8.15. The molecule has 1 amide bonds. The molecule has 1 unspecified atom stereocenters. The first-order valence-corrected chi connectivity index (χ1v) is 8.09. The molecule has 1 aliphatic rings. The number of anilines is 1. The van der Waals surface area contributed by atoms with Crippen molar-refractivity contribution in [1.82, 2.24) is 10.2 Å². The molecular weight excluding hydrogens is 262 g/mol. The standard InChI is InChI=1S/C17H27N3O/c1-3-20(4-2)13-7-12-18-17(21)16-11-10-14-8-5-6-9-15(14)19-16/h5-6,8-9,16,19H,3-4,7,10-13H2,1-2H3,(H,18,21). The molecule has 0 fully saturated rings. The number of amides is 1. The Labute approximate surface area is 127 Å². The third kappa shape index (κ3) is 4.46. The van der Waals surface area contributed by atoms with Gasteiger partial charge in [0.15, 0.2) is 0 Å². The van der Waals surface area contributed by atoms with Crippen LogP contribution in [0.25, 0.3) is 0 Å². The van der Waals surface area contributed by atoms with Crippen LogP contribution in [-0.2, 0) is 11.2 Å². The van der Waals surface area contributed by atoms with Gasteiger partial charge in [0, 0.05) is 12.2 Å². The quantitative estimate of drug-likeness (QED) is 0.757. The van der Waals surface area contributed by atoms with Gasteiger partial charge in [0.1, 0.15) is 6.04 Å². The molecule has 21 heavy (non-hydrogen) atoms. The Morgan fingerprint density at radius 2 is 2.10 bits per heavy atom. The van der Waals surface area contributed by atoms with Crippen molar-refractivity contribution in [1.29, 1.82) is 0 Å². The highest BCUT2D eigenvalue weighted by Crippen LogP contribution is 2.24. The van der Waals surface area contributed by atoms with Gasteiger partial charge >= 0.3 is 0 Å². The van der Waals surface area contributed by atoms with Crippen LogP contribution in [0.3, 0.4) is 0 Å². The van der Waals surface area contributed by atoms with Gasteiger partial charge in [-0.2, -0.15) is 0 Å². The maximum absolute atomic E-state index is 12.2. The van der Waals surface area contributed by atoms with Gasteiger partial charge in [0.25, 0.3) is 0 Å². The van der Waals surface area contributed by atoms with Crippen LogP contribution in [0.5, 0.6) is 0 Å². The lowest BCUT2D eigenvalue weighted by Gasteiger charge is -2.26. The molecule has 4 heteroatoms. The highest BCUT2D eigenvalue weighted by Gasteiger charge is 2.23. The Morgan fingerprint density at radius 1 is 1.33 bits per heavy atom. The van der Waals surface area contributed by atoms with Gasteiger partial charge in [0.2, 0.25) is 5.91 Å². The molecule has 0 spiro atoms. The Morgan fingerprint density at radius 3 is 2.86 bits per heavy atom. The minimum absolute atomic E-state index is 0.0895. The topological polar surface area (TPSA) is 44.4 Å². The molecule has 1 aromatic rings. The van der Waals surface area contributed by atoms with Crippen LogP contribution in [0.2, 0.25) is 0 Å². The Kier molecular flexibility index (Phi) is 6.05. The molecule has 1 aliphatic heterocycles. The lowest BCUT2D eigenvalue weighted by atomic mass is 9.98. The van der Waals surface area contributed by atoms with Crippen molar-refractivity contribution in [3.8, 4) is 0 Å². The van der Waals surface area contributed by atoms with E-state index in [1.54, 1.807) is 0 Å². The van der Waals surface area contributed by atoms with Crippen molar-refractivity contribution in [3.63, 3.8) is 0 Å². The van der Waals surface area contributed by atoms with E-state index in [1.807, 2.05) is 12.1 Å². The van der Waals surface area contributed by atoms with E-state index >= 15 is 0 Å². The molecule has 1 atom stereocenters. The van der Waals surface area contributed by atoms with Gasteiger partial charge in [-0.05, 0) is 50.5 Å². The normalized spacial score (nSPS) is 17.2. The number of nitrogens with zero attached hydrogens (tertiary/aromatic N) is 1. The van der Waals surface area contributed by atoms with Crippen LogP contribution in [0, 0.1) is 0 Å². The number of fused-ring (bicyclic) bond motifs is 1. The molecule has 0 bridgehead atoms. The predicted octanol–water partition coefficient (Wildman–Crippen LogP) is 2.26. The fourth-order valence-electron chi connectivity index (χ4n) is 2.81. The van der Waals surface area contributed by atoms with Crippen molar-refractivity contribution in [3.05, 3.63) is 29.8 Å². The Hall–Kier alpha value is -1.55. The summed E-state index contributed by atoms with van der Waals surface area (Å²) < 4.78 is 0. The number of nitrogens with one attached hydrogen (secondary N) is 2. The maximum atomic E-state index is 12.2. The number of hydrogen-bond acceptors (Lipinski definition) is 3. The van der Waals surface area contributed by atoms with Crippen molar-refractivity contribution in [2.24, 2.45) is 0 Å². The number of benzene rings is 1. The van der Waals surface area contributed by atoms with Crippen molar-refractivity contribution in [2.45, 2.75) is 39.2 Å². The molecule has 1 aromatic carbocycles. The summed E-state index contributed by atoms with van der Waals surface area (Å²) in [5.41, 5.74) is 2.41. The smallest absolute Gasteiger partial charge is 0.242 e. The average molecular weight is 289 g/mol. The van der Waals surface area contributed by atoms with Gasteiger partial charge in [-0.25, -0.2) is 0 Å². The van der Waals surface area contributed by atoms with E-state index in [-0.39, 0.29) is 11.9 Å². The zero-order valence-electron chi connectivity index (χ0n) is 13.2. The van der Waals surface area contributed by atoms with Gasteiger partial charge in [-0.3, -0.25) is 4.79 Å². The van der Waals surface area contributed by atoms with Gasteiger partial charge in [0.05, 0.1) is 0 Å². The lowest BCUT2D eigenvalue weighted by Crippen LogP contribution is -2.42. The summed E-state index contributed by atoms with van der Waals surface area (Å²) in [5.74, 6) is 0.129. The molecule has 2 rings (SSSR count). The lowest BCUT2D eigenvalue weighted by molar-refractivity contribution is -0.122. The largest absolute Gasteiger partial charge is 0.373 e. The third-order valence-corrected chi connectivity index (χ3v) is 4.21. The van der Waals surface area contributed by atoms with Crippen LogP contribution < -0.4 is 10.6 Å². The highest BCUT2D eigenvalue weighted by molar-refractivity contribution is 5.85. The summed E-state index contributed by atoms with van der Waals surface area (Å²) in [6.07, 6.45) is 2.86. The van der Waals surface area contributed by atoms with E-state index in [0.29, 0.717) is 0 Å². The number of carbonyl (C=O) groups is 1. The van der Waals surface area contributed by atoms with Crippen molar-refractivity contribution in [2.75, 3.05) is 31.5 Å². The summed E-state index contributed by atoms with van der Waals surface area (Å²) in [7, 11) is 0. The third-order valence-electron chi connectivity index (χ3n) is 4.21. The molecule has 116 valence electrons. The number of para-hydroxylation sites is 1. The predicted molar refractivity (Wildman–Crippen MR) is 87.6 cm³/mol. The van der Waals surface area contributed by atoms with Crippen molar-refractivity contribution >= 4 is 11.6 Å². The zero-order valence-corrected chi connectivity index (χ0v) is 13.2. The second-order valence-corrected chi connectivity index (χ2v) is 5.56. The second-order valence-electron chi connectivity index (χ2n) is 5.56. The van der Waals surface area contributed by atoms with Gasteiger partial charge < -0.3 is 15.5 Å². The average Bonchev–Trinajstić information content (AvgIpc) is 2.54. The zero-order chi connectivity index (χ0) is 15.1. The van der Waals surface area contributed by atoms with Gasteiger partial charge in [-0.15, -0.1) is 0 Å². The summed E-state index contributed by atoms with van der Waals surface area (Å²) in [6.45, 7) is 8.30. The van der Waals surface area contributed by atoms with Crippen LogP contribution in [-0.4, -0.2) is 43.0 Å². The first-order chi connectivity index (χ1) is 10.2. The fourth-order valence-corrected chi connectivity index (χ4v) is 2.81. The van der Waals surface area contributed by atoms with E-state index in [4.69, 9.17) is 0 Å². The molecule has 0 saturated carbocycles. The first-order valence-electron chi connectivity index (χ1n) is 8.09. The molecular formula is C17H27N3O. The minimum Gasteiger partial charge on any atom is -0.373 e. The molecule has 0 aliphatic carbocycles. The van der Waals surface area contributed by atoms with Crippen LogP contribution in [0.15, 0.2) is 24.3 Å². The molecule has 1 heterocycles. The Bertz CT molecular complexity index is 457. The number of aryl methyl sites for hydroxylation is 1. The molecule has 0 aromatic heterocycles. The Balaban J connectivity index is 1.73. The highest BCUT2D eigenvalue weighted by atomic mass is 16.2. The van der Waals surface area contributed by atoms with E-state index in [1.165, 1.54) is 5.56 Å². The molecule has 4 nitrogen and oxygen atoms in total. The SMILES string of the molecule is CCN(CC)CCCNC(=O)C1CCc2ccccc2N1. The minimum atomic E-state index is -0.0895. The molecule has 2 N–H and O–H groups in total. The summed E-state index contributed by atoms with van der Waals surface area (Å²) in [5, 5.41) is 6.40. The molecule has 0 saturated heterocycles. The summed E-state index contributed by atoms with van der Waals surface area (Å²) >= 11 is 0. The first kappa shape index (κ1) is 15.8. The van der Waals surface area contributed by atoms with E-state index in [2.05, 4.69) is 41.5 Å². The van der Waals surface area contributed by atoms with Crippen LogP contribution in [0.4, 0.5) is 5.69 Å². The van der Waals surface area contributed by atoms with Crippen LogP contribution >= 0.6 is 0 Å². The van der Waals surface area contributed by atoms with E-state index in [9.17, 15) is 4.79 Å². The van der Waals surface area contributed by atoms with Crippen LogP contribution in [0.1, 0.15) is 32.3 Å². The van der Waals surface area contributed by atoms with Crippen molar-refractivity contribution < 1.29 is 4.79 Å². The van der Waals surface area contributed by atoms with Gasteiger partial charge in [-0.1, -0.05) is 32.0 Å². The number of rotatable bonds is 7. The second kappa shape index (κ2) is 8.03. The van der Waals surface area contributed by atoms with E-state index in [0.717, 1.165) is 51.1 Å². The maximum Gasteiger partial charge on any atom is 0.242 e. The molecule has 0 radical (unpaired) electrons. The number of carbonyl (C=O) groups excluding carboxylic acids is 1. The monoisotopic (exact) mass is 289 g/mol.